The molecule has 1 aliphatic rings. The van der Waals surface area contributed by atoms with Crippen molar-refractivity contribution in [2.45, 2.75) is 19.4 Å². The van der Waals surface area contributed by atoms with Crippen molar-refractivity contribution in [3.8, 4) is 0 Å². The van der Waals surface area contributed by atoms with E-state index in [0.29, 0.717) is 13.0 Å². The highest BCUT2D eigenvalue weighted by Gasteiger charge is 2.23. The quantitative estimate of drug-likeness (QED) is 0.880. The minimum atomic E-state index is 0.0676. The molecule has 2 aromatic carbocycles. The summed E-state index contributed by atoms with van der Waals surface area (Å²) in [6.45, 7) is 5.97. The van der Waals surface area contributed by atoms with Gasteiger partial charge in [-0.2, -0.15) is 0 Å². The third-order valence-corrected chi connectivity index (χ3v) is 4.65. The zero-order chi connectivity index (χ0) is 17.5. The predicted molar refractivity (Wildman–Crippen MR) is 99.5 cm³/mol. The summed E-state index contributed by atoms with van der Waals surface area (Å²) in [4.78, 5) is 14.8. The Morgan fingerprint density at radius 2 is 1.76 bits per heavy atom. The van der Waals surface area contributed by atoms with E-state index in [1.165, 1.54) is 11.1 Å². The average Bonchev–Trinajstić information content (AvgIpc) is 2.66. The smallest absolute Gasteiger partial charge is 0.224 e. The summed E-state index contributed by atoms with van der Waals surface area (Å²) in [7, 11) is 0. The second kappa shape index (κ2) is 8.79. The maximum absolute atomic E-state index is 12.4. The third-order valence-electron chi connectivity index (χ3n) is 4.65. The minimum Gasteiger partial charge on any atom is -0.379 e. The van der Waals surface area contributed by atoms with Gasteiger partial charge in [-0.05, 0) is 18.1 Å². The molecule has 1 saturated heterocycles. The number of benzene rings is 2. The Kier molecular flexibility index (Phi) is 6.20. The van der Waals surface area contributed by atoms with Gasteiger partial charge in [-0.3, -0.25) is 9.69 Å². The highest BCUT2D eigenvalue weighted by molar-refractivity contribution is 5.78. The molecule has 1 aliphatic heterocycles. The number of hydrogen-bond acceptors (Lipinski definition) is 3. The average molecular weight is 338 g/mol. The first kappa shape index (κ1) is 17.6. The molecule has 2 aromatic rings. The van der Waals surface area contributed by atoms with E-state index >= 15 is 0 Å². The molecule has 0 bridgehead atoms. The summed E-state index contributed by atoms with van der Waals surface area (Å²) < 4.78 is 5.47. The largest absolute Gasteiger partial charge is 0.379 e. The van der Waals surface area contributed by atoms with Crippen LogP contribution in [-0.4, -0.2) is 43.7 Å². The summed E-state index contributed by atoms with van der Waals surface area (Å²) in [6.07, 6.45) is 0.422. The Morgan fingerprint density at radius 1 is 1.08 bits per heavy atom. The van der Waals surface area contributed by atoms with Crippen LogP contribution in [0.5, 0.6) is 0 Å². The number of carbonyl (C=O) groups is 1. The molecule has 0 radical (unpaired) electrons. The first-order valence-electron chi connectivity index (χ1n) is 8.91. The summed E-state index contributed by atoms with van der Waals surface area (Å²) in [6, 6.07) is 18.7. The number of carbonyl (C=O) groups excluding carboxylic acids is 1. The molecule has 25 heavy (non-hydrogen) atoms. The molecule has 0 spiro atoms. The number of aryl methyl sites for hydroxylation is 1. The van der Waals surface area contributed by atoms with Gasteiger partial charge in [-0.25, -0.2) is 0 Å². The Hall–Kier alpha value is -2.17. The SMILES string of the molecule is Cc1ccc(CC(=O)NCC(c2ccccc2)N2CCOCC2)cc1. The molecular formula is C21H26N2O2. The van der Waals surface area contributed by atoms with E-state index in [0.717, 1.165) is 31.9 Å². The molecule has 4 heteroatoms. The van der Waals surface area contributed by atoms with Crippen LogP contribution < -0.4 is 5.32 Å². The summed E-state index contributed by atoms with van der Waals surface area (Å²) in [5, 5.41) is 3.12. The lowest BCUT2D eigenvalue weighted by Gasteiger charge is -2.35. The number of amides is 1. The second-order valence-corrected chi connectivity index (χ2v) is 6.54. The Labute approximate surface area is 149 Å². The van der Waals surface area contributed by atoms with Gasteiger partial charge in [0.25, 0.3) is 0 Å². The summed E-state index contributed by atoms with van der Waals surface area (Å²) in [5.74, 6) is 0.0676. The Morgan fingerprint density at radius 3 is 2.44 bits per heavy atom. The minimum absolute atomic E-state index is 0.0676. The number of ether oxygens (including phenoxy) is 1. The highest BCUT2D eigenvalue weighted by atomic mass is 16.5. The van der Waals surface area contributed by atoms with Gasteiger partial charge in [0.15, 0.2) is 0 Å². The van der Waals surface area contributed by atoms with Gasteiger partial charge in [-0.15, -0.1) is 0 Å². The normalized spacial score (nSPS) is 16.4. The van der Waals surface area contributed by atoms with Crippen molar-refractivity contribution in [2.75, 3.05) is 32.8 Å². The lowest BCUT2D eigenvalue weighted by atomic mass is 10.0. The fourth-order valence-electron chi connectivity index (χ4n) is 3.19. The molecule has 0 saturated carbocycles. The summed E-state index contributed by atoms with van der Waals surface area (Å²) >= 11 is 0. The van der Waals surface area contributed by atoms with Crippen LogP contribution in [0.1, 0.15) is 22.7 Å². The topological polar surface area (TPSA) is 41.6 Å². The fourth-order valence-corrected chi connectivity index (χ4v) is 3.19. The Balaban J connectivity index is 1.61. The van der Waals surface area contributed by atoms with Crippen LogP contribution >= 0.6 is 0 Å². The number of hydrogen-bond donors (Lipinski definition) is 1. The maximum Gasteiger partial charge on any atom is 0.224 e. The van der Waals surface area contributed by atoms with Gasteiger partial charge in [-0.1, -0.05) is 60.2 Å². The molecular weight excluding hydrogens is 312 g/mol. The van der Waals surface area contributed by atoms with Crippen molar-refractivity contribution in [2.24, 2.45) is 0 Å². The summed E-state index contributed by atoms with van der Waals surface area (Å²) in [5.41, 5.74) is 3.49. The standard InChI is InChI=1S/C21H26N2O2/c1-17-7-9-18(10-8-17)15-21(24)22-16-20(19-5-3-2-4-6-19)23-11-13-25-14-12-23/h2-10,20H,11-16H2,1H3,(H,22,24). The van der Waals surface area contributed by atoms with Gasteiger partial charge in [0.2, 0.25) is 5.91 Å². The fraction of sp³-hybridized carbons (Fsp3) is 0.381. The maximum atomic E-state index is 12.4. The predicted octanol–water partition coefficient (Wildman–Crippen LogP) is 2.73. The van der Waals surface area contributed by atoms with Crippen molar-refractivity contribution in [3.05, 3.63) is 71.3 Å². The zero-order valence-electron chi connectivity index (χ0n) is 14.8. The van der Waals surface area contributed by atoms with Crippen LogP contribution in [0.3, 0.4) is 0 Å². The van der Waals surface area contributed by atoms with E-state index in [-0.39, 0.29) is 11.9 Å². The number of nitrogens with one attached hydrogen (secondary N) is 1. The van der Waals surface area contributed by atoms with Crippen molar-refractivity contribution < 1.29 is 9.53 Å². The van der Waals surface area contributed by atoms with E-state index < -0.39 is 0 Å². The van der Waals surface area contributed by atoms with E-state index in [4.69, 9.17) is 4.74 Å². The van der Waals surface area contributed by atoms with Crippen LogP contribution in [-0.2, 0) is 16.0 Å². The molecule has 3 rings (SSSR count). The van der Waals surface area contributed by atoms with Crippen molar-refractivity contribution in [3.63, 3.8) is 0 Å². The lowest BCUT2D eigenvalue weighted by molar-refractivity contribution is -0.120. The molecule has 0 aromatic heterocycles. The molecule has 1 atom stereocenters. The molecule has 0 aliphatic carbocycles. The van der Waals surface area contributed by atoms with Gasteiger partial charge in [0.05, 0.1) is 25.7 Å². The lowest BCUT2D eigenvalue weighted by Crippen LogP contribution is -2.44. The molecule has 1 heterocycles. The number of nitrogens with zero attached hydrogens (tertiary/aromatic N) is 1. The number of rotatable bonds is 6. The Bertz CT molecular complexity index is 664. The van der Waals surface area contributed by atoms with Gasteiger partial charge in [0, 0.05) is 19.6 Å². The van der Waals surface area contributed by atoms with Crippen LogP contribution in [0.2, 0.25) is 0 Å². The van der Waals surface area contributed by atoms with Gasteiger partial charge < -0.3 is 10.1 Å². The van der Waals surface area contributed by atoms with Crippen molar-refractivity contribution in [1.29, 1.82) is 0 Å². The molecule has 1 N–H and O–H groups in total. The van der Waals surface area contributed by atoms with Gasteiger partial charge in [0.1, 0.15) is 0 Å². The second-order valence-electron chi connectivity index (χ2n) is 6.54. The van der Waals surface area contributed by atoms with Crippen molar-refractivity contribution in [1.82, 2.24) is 10.2 Å². The van der Waals surface area contributed by atoms with Crippen LogP contribution in [0, 0.1) is 6.92 Å². The molecule has 132 valence electrons. The monoisotopic (exact) mass is 338 g/mol. The third kappa shape index (κ3) is 5.15. The van der Waals surface area contributed by atoms with Crippen molar-refractivity contribution >= 4 is 5.91 Å². The van der Waals surface area contributed by atoms with E-state index in [9.17, 15) is 4.79 Å². The molecule has 1 fully saturated rings. The van der Waals surface area contributed by atoms with E-state index in [2.05, 4.69) is 41.4 Å². The van der Waals surface area contributed by atoms with E-state index in [1.54, 1.807) is 0 Å². The van der Waals surface area contributed by atoms with Crippen LogP contribution in [0.15, 0.2) is 54.6 Å². The van der Waals surface area contributed by atoms with E-state index in [1.807, 2.05) is 30.3 Å². The molecule has 1 amide bonds. The number of morpholine rings is 1. The zero-order valence-corrected chi connectivity index (χ0v) is 14.8. The molecule has 1 unspecified atom stereocenters. The van der Waals surface area contributed by atoms with Crippen LogP contribution in [0.4, 0.5) is 0 Å². The van der Waals surface area contributed by atoms with Crippen LogP contribution in [0.25, 0.3) is 0 Å². The molecule has 4 nitrogen and oxygen atoms in total. The first-order chi connectivity index (χ1) is 12.2. The first-order valence-corrected chi connectivity index (χ1v) is 8.91. The van der Waals surface area contributed by atoms with Gasteiger partial charge >= 0.3 is 0 Å². The highest BCUT2D eigenvalue weighted by Crippen LogP contribution is 2.21.